The molecule has 0 radical (unpaired) electrons. The quantitative estimate of drug-likeness (QED) is 0.223. The van der Waals surface area contributed by atoms with Crippen LogP contribution in [0.15, 0.2) is 78.9 Å². The van der Waals surface area contributed by atoms with E-state index in [-0.39, 0.29) is 34.7 Å². The molecule has 0 saturated carbocycles. The first-order chi connectivity index (χ1) is 20.4. The highest BCUT2D eigenvalue weighted by atomic mass is 35.5. The normalized spacial score (nSPS) is 17.6. The summed E-state index contributed by atoms with van der Waals surface area (Å²) in [6.07, 6.45) is 0. The van der Waals surface area contributed by atoms with Crippen LogP contribution in [-0.4, -0.2) is 51.9 Å². The molecule has 0 saturated heterocycles. The number of aromatic nitrogens is 1. The van der Waals surface area contributed by atoms with Crippen LogP contribution in [0.5, 0.6) is 11.5 Å². The van der Waals surface area contributed by atoms with Gasteiger partial charge in [-0.15, -0.1) is 23.2 Å². The Hall–Kier alpha value is -4.33. The van der Waals surface area contributed by atoms with E-state index >= 15 is 0 Å². The van der Waals surface area contributed by atoms with Gasteiger partial charge in [-0.1, -0.05) is 54.6 Å². The van der Waals surface area contributed by atoms with Crippen LogP contribution in [0.3, 0.4) is 0 Å². The Balaban J connectivity index is 1.25. The number of amides is 2. The third kappa shape index (κ3) is 3.99. The lowest BCUT2D eigenvalue weighted by Crippen LogP contribution is -2.33. The molecule has 0 aliphatic carbocycles. The van der Waals surface area contributed by atoms with E-state index in [1.54, 1.807) is 40.1 Å². The summed E-state index contributed by atoms with van der Waals surface area (Å²) in [5.41, 5.74) is 3.19. The summed E-state index contributed by atoms with van der Waals surface area (Å²) in [5, 5.41) is 24.6. The number of fused-ring (bicyclic) bond motifs is 6. The number of rotatable bonds is 4. The number of pyridine rings is 1. The zero-order chi connectivity index (χ0) is 29.1. The van der Waals surface area contributed by atoms with Crippen LogP contribution in [0, 0.1) is 0 Å². The maximum absolute atomic E-state index is 13.9. The number of carbonyl (C=O) groups excluding carboxylic acids is 2. The van der Waals surface area contributed by atoms with E-state index in [0.717, 1.165) is 21.9 Å². The molecule has 0 spiro atoms. The van der Waals surface area contributed by atoms with Gasteiger partial charge in [-0.25, -0.2) is 4.98 Å². The molecule has 42 heavy (non-hydrogen) atoms. The molecule has 9 heteroatoms. The second kappa shape index (κ2) is 10.2. The Morgan fingerprint density at radius 2 is 1.07 bits per heavy atom. The van der Waals surface area contributed by atoms with Crippen molar-refractivity contribution < 1.29 is 19.8 Å². The average Bonchev–Trinajstić information content (AvgIpc) is 3.59. The minimum atomic E-state index is -0.391. The van der Waals surface area contributed by atoms with Gasteiger partial charge in [0.1, 0.15) is 22.9 Å². The number of carbonyl (C=O) groups is 2. The van der Waals surface area contributed by atoms with Gasteiger partial charge in [-0.2, -0.15) is 0 Å². The van der Waals surface area contributed by atoms with Crippen LogP contribution in [0.1, 0.15) is 43.9 Å². The van der Waals surface area contributed by atoms with Crippen LogP contribution in [0.4, 0.5) is 11.4 Å². The summed E-state index contributed by atoms with van der Waals surface area (Å²) in [7, 11) is 0. The summed E-state index contributed by atoms with van der Waals surface area (Å²) >= 11 is 12.7. The molecule has 0 fully saturated rings. The maximum atomic E-state index is 13.9. The largest absolute Gasteiger partial charge is 0.507 e. The Morgan fingerprint density at radius 3 is 1.48 bits per heavy atom. The van der Waals surface area contributed by atoms with Crippen LogP contribution < -0.4 is 9.80 Å². The summed E-state index contributed by atoms with van der Waals surface area (Å²) in [5.74, 6) is -0.286. The van der Waals surface area contributed by atoms with Crippen molar-refractivity contribution in [3.63, 3.8) is 0 Å². The first-order valence-corrected chi connectivity index (χ1v) is 14.7. The number of alkyl halides is 2. The molecule has 5 aromatic rings. The zero-order valence-corrected chi connectivity index (χ0v) is 23.8. The van der Waals surface area contributed by atoms with E-state index in [1.165, 1.54) is 0 Å². The van der Waals surface area contributed by atoms with Gasteiger partial charge in [0.05, 0.1) is 11.4 Å². The van der Waals surface area contributed by atoms with Crippen molar-refractivity contribution in [3.05, 3.63) is 101 Å². The van der Waals surface area contributed by atoms with E-state index in [4.69, 9.17) is 23.2 Å². The van der Waals surface area contributed by atoms with Crippen molar-refractivity contribution in [3.8, 4) is 11.5 Å². The number of halogens is 2. The highest BCUT2D eigenvalue weighted by Gasteiger charge is 2.37. The van der Waals surface area contributed by atoms with Gasteiger partial charge in [0.25, 0.3) is 11.8 Å². The number of aromatic hydroxyl groups is 2. The molecule has 3 heterocycles. The second-order valence-corrected chi connectivity index (χ2v) is 11.3. The van der Waals surface area contributed by atoms with Gasteiger partial charge < -0.3 is 20.0 Å². The summed E-state index contributed by atoms with van der Waals surface area (Å²) in [6.45, 7) is 0.655. The van der Waals surface area contributed by atoms with E-state index in [9.17, 15) is 19.8 Å². The summed E-state index contributed by atoms with van der Waals surface area (Å²) in [4.78, 5) is 35.4. The smallest absolute Gasteiger partial charge is 0.276 e. The third-order valence-corrected chi connectivity index (χ3v) is 9.08. The highest BCUT2D eigenvalue weighted by Crippen LogP contribution is 2.47. The Bertz CT molecular complexity index is 1790. The lowest BCUT2D eigenvalue weighted by Gasteiger charge is -2.20. The fourth-order valence-electron chi connectivity index (χ4n) is 6.44. The second-order valence-electron chi connectivity index (χ2n) is 10.7. The molecule has 2 atom stereocenters. The molecule has 2 aliphatic heterocycles. The standard InChI is InChI=1S/C33H25Cl2N3O4/c34-14-18-16-37(26-12-28(39)20-6-1-3-8-22(20)30(18)26)32(41)24-10-5-11-25(36-24)33(42)38-17-19(15-35)31-23-9-4-2-7-21(23)29(40)13-27(31)38/h1-13,18-19,39-40H,14-17H2. The summed E-state index contributed by atoms with van der Waals surface area (Å²) in [6, 6.07) is 23.0. The molecule has 0 bridgehead atoms. The number of nitrogens with zero attached hydrogens (tertiary/aromatic N) is 3. The van der Waals surface area contributed by atoms with Crippen molar-refractivity contribution >= 4 is 67.9 Å². The monoisotopic (exact) mass is 597 g/mol. The van der Waals surface area contributed by atoms with E-state index < -0.39 is 11.8 Å². The van der Waals surface area contributed by atoms with Crippen molar-refractivity contribution in [1.29, 1.82) is 0 Å². The van der Waals surface area contributed by atoms with Crippen molar-refractivity contribution in [2.24, 2.45) is 0 Å². The number of hydrogen-bond donors (Lipinski definition) is 2. The zero-order valence-electron chi connectivity index (χ0n) is 22.3. The molecule has 2 N–H and O–H groups in total. The van der Waals surface area contributed by atoms with Crippen molar-refractivity contribution in [1.82, 2.24) is 4.98 Å². The predicted molar refractivity (Wildman–Crippen MR) is 166 cm³/mol. The Morgan fingerprint density at radius 1 is 0.667 bits per heavy atom. The lowest BCUT2D eigenvalue weighted by atomic mass is 9.95. The number of phenolic OH excluding ortho intramolecular Hbond substituents is 2. The van der Waals surface area contributed by atoms with Crippen LogP contribution >= 0.6 is 23.2 Å². The first-order valence-electron chi connectivity index (χ1n) is 13.6. The molecule has 1 aromatic heterocycles. The van der Waals surface area contributed by atoms with E-state index in [0.29, 0.717) is 47.0 Å². The Kier molecular flexibility index (Phi) is 6.44. The van der Waals surface area contributed by atoms with Gasteiger partial charge in [-0.05, 0) is 34.0 Å². The molecular weight excluding hydrogens is 573 g/mol. The van der Waals surface area contributed by atoms with Gasteiger partial charge in [0.2, 0.25) is 0 Å². The lowest BCUT2D eigenvalue weighted by molar-refractivity contribution is 0.0979. The van der Waals surface area contributed by atoms with Crippen LogP contribution in [0.25, 0.3) is 21.5 Å². The van der Waals surface area contributed by atoms with E-state index in [1.807, 2.05) is 48.5 Å². The molecule has 2 amide bonds. The fraction of sp³-hybridized carbons (Fsp3) is 0.182. The van der Waals surface area contributed by atoms with Gasteiger partial charge in [-0.3, -0.25) is 9.59 Å². The molecular formula is C33H25Cl2N3O4. The minimum absolute atomic E-state index is 0.0755. The Labute approximate surface area is 251 Å². The minimum Gasteiger partial charge on any atom is -0.507 e. The van der Waals surface area contributed by atoms with E-state index in [2.05, 4.69) is 4.98 Å². The van der Waals surface area contributed by atoms with Gasteiger partial charge in [0.15, 0.2) is 0 Å². The molecule has 2 aliphatic rings. The highest BCUT2D eigenvalue weighted by molar-refractivity contribution is 6.20. The molecule has 210 valence electrons. The predicted octanol–water partition coefficient (Wildman–Crippen LogP) is 6.76. The SMILES string of the molecule is O=C(c1cccc(C(=O)N2CC(CCl)c3c2cc(O)c2ccccc32)n1)N1CC(CCl)c2c1cc(O)c1ccccc21. The summed E-state index contributed by atoms with van der Waals surface area (Å²) < 4.78 is 0. The number of phenols is 2. The topological polar surface area (TPSA) is 94.0 Å². The maximum Gasteiger partial charge on any atom is 0.276 e. The van der Waals surface area contributed by atoms with Crippen LogP contribution in [-0.2, 0) is 0 Å². The number of anilines is 2. The average molecular weight is 598 g/mol. The molecule has 7 rings (SSSR count). The van der Waals surface area contributed by atoms with Crippen LogP contribution in [0.2, 0.25) is 0 Å². The molecule has 4 aromatic carbocycles. The first kappa shape index (κ1) is 26.6. The fourth-order valence-corrected chi connectivity index (χ4v) is 6.94. The van der Waals surface area contributed by atoms with Gasteiger partial charge >= 0.3 is 0 Å². The van der Waals surface area contributed by atoms with Crippen molar-refractivity contribution in [2.45, 2.75) is 11.8 Å². The number of benzene rings is 4. The van der Waals surface area contributed by atoms with Gasteiger partial charge in [0, 0.05) is 59.6 Å². The van der Waals surface area contributed by atoms with Crippen molar-refractivity contribution in [2.75, 3.05) is 34.6 Å². The molecule has 2 unspecified atom stereocenters. The molecule has 7 nitrogen and oxygen atoms in total. The number of hydrogen-bond acceptors (Lipinski definition) is 5. The third-order valence-electron chi connectivity index (χ3n) is 8.34.